The molecule has 6 atom stereocenters. The lowest BCUT2D eigenvalue weighted by molar-refractivity contribution is -0.149. The highest BCUT2D eigenvalue weighted by molar-refractivity contribution is 7.52. The lowest BCUT2D eigenvalue weighted by atomic mass is 10.0. The summed E-state index contributed by atoms with van der Waals surface area (Å²) in [5.74, 6) is -0.473. The number of esters is 1. The van der Waals surface area contributed by atoms with Gasteiger partial charge in [0.1, 0.15) is 28.9 Å². The third-order valence-electron chi connectivity index (χ3n) is 5.26. The van der Waals surface area contributed by atoms with Gasteiger partial charge >= 0.3 is 19.4 Å². The predicted molar refractivity (Wildman–Crippen MR) is 130 cm³/mol. The number of para-hydroxylation sites is 1. The Morgan fingerprint density at radius 1 is 1.28 bits per heavy atom. The summed E-state index contributed by atoms with van der Waals surface area (Å²) in [4.78, 5) is 36.5. The smallest absolute Gasteiger partial charge is 0.459 e. The molecule has 3 rings (SSSR count). The van der Waals surface area contributed by atoms with Crippen molar-refractivity contribution in [1.29, 1.82) is 0 Å². The molecular weight excluding hydrogens is 517 g/mol. The molecule has 0 spiro atoms. The molecule has 1 saturated heterocycles. The first kappa shape index (κ1) is 28.1. The van der Waals surface area contributed by atoms with Gasteiger partial charge in [0.2, 0.25) is 0 Å². The Kier molecular flexibility index (Phi) is 8.81. The number of aliphatic hydroxyl groups is 1. The molecule has 1 fully saturated rings. The molecule has 36 heavy (non-hydrogen) atoms. The molecule has 0 radical (unpaired) electrons. The number of carbonyl (C=O) groups is 1. The highest BCUT2D eigenvalue weighted by Gasteiger charge is 2.54. The van der Waals surface area contributed by atoms with Crippen LogP contribution in [-0.2, 0) is 23.4 Å². The number of aromatic amines is 1. The van der Waals surface area contributed by atoms with Crippen LogP contribution >= 0.6 is 19.3 Å². The van der Waals surface area contributed by atoms with E-state index in [-0.39, 0.29) is 5.75 Å². The van der Waals surface area contributed by atoms with E-state index in [1.54, 1.807) is 44.2 Å². The van der Waals surface area contributed by atoms with Crippen molar-refractivity contribution in [2.45, 2.75) is 63.2 Å². The highest BCUT2D eigenvalue weighted by Crippen LogP contribution is 2.48. The van der Waals surface area contributed by atoms with Gasteiger partial charge in [-0.25, -0.2) is 9.36 Å². The number of halogens is 1. The van der Waals surface area contributed by atoms with Gasteiger partial charge < -0.3 is 19.1 Å². The summed E-state index contributed by atoms with van der Waals surface area (Å²) in [6.07, 6.45) is -2.92. The zero-order chi connectivity index (χ0) is 26.7. The molecule has 0 aliphatic carbocycles. The summed E-state index contributed by atoms with van der Waals surface area (Å²) in [7, 11) is -4.22. The number of ether oxygens (including phenoxy) is 2. The van der Waals surface area contributed by atoms with Gasteiger partial charge in [0.15, 0.2) is 6.23 Å². The summed E-state index contributed by atoms with van der Waals surface area (Å²) < 4.78 is 36.7. The van der Waals surface area contributed by atoms with E-state index in [0.29, 0.717) is 0 Å². The summed E-state index contributed by atoms with van der Waals surface area (Å²) >= 11 is 6.52. The zero-order valence-corrected chi connectivity index (χ0v) is 21.8. The predicted octanol–water partition coefficient (Wildman–Crippen LogP) is 1.93. The van der Waals surface area contributed by atoms with Crippen LogP contribution in [0.5, 0.6) is 5.75 Å². The van der Waals surface area contributed by atoms with Gasteiger partial charge in [-0.05, 0) is 39.8 Å². The molecule has 0 amide bonds. The maximum atomic E-state index is 13.6. The number of benzene rings is 1. The quantitative estimate of drug-likeness (QED) is 0.229. The van der Waals surface area contributed by atoms with Gasteiger partial charge in [-0.2, -0.15) is 5.09 Å². The van der Waals surface area contributed by atoms with Crippen LogP contribution in [0.25, 0.3) is 0 Å². The molecule has 12 nitrogen and oxygen atoms in total. The molecule has 1 aliphatic rings. The van der Waals surface area contributed by atoms with Crippen molar-refractivity contribution in [2.75, 3.05) is 6.61 Å². The molecule has 0 saturated carbocycles. The minimum atomic E-state index is -4.22. The standard InChI is InChI=1S/C22H29ClN3O9P/c1-13(2)33-19(29)14(3)25-36(31,35-15-8-6-5-7-9-15)32-12-16-18(28)22(4,23)20(34-16)26-11-10-17(27)24-21(26)30/h5-11,13-14,16,18,20,28H,12H2,1-4H3,(H,25,31)(H,24,27,30)/t14-,16-,18?,20+,22?,36+/m0/s1. The van der Waals surface area contributed by atoms with Crippen LogP contribution in [0.1, 0.15) is 33.9 Å². The lowest BCUT2D eigenvalue weighted by Gasteiger charge is -2.26. The Labute approximate surface area is 212 Å². The normalized spacial score (nSPS) is 26.4. The molecule has 1 aliphatic heterocycles. The third-order valence-corrected chi connectivity index (χ3v) is 7.31. The summed E-state index contributed by atoms with van der Waals surface area (Å²) in [6.45, 7) is 5.75. The van der Waals surface area contributed by atoms with Crippen molar-refractivity contribution >= 4 is 25.3 Å². The maximum absolute atomic E-state index is 13.6. The van der Waals surface area contributed by atoms with Crippen molar-refractivity contribution in [3.8, 4) is 5.75 Å². The highest BCUT2D eigenvalue weighted by atomic mass is 35.5. The largest absolute Gasteiger partial charge is 0.462 e. The fourth-order valence-electron chi connectivity index (χ4n) is 3.47. The van der Waals surface area contributed by atoms with Crippen molar-refractivity contribution in [2.24, 2.45) is 0 Å². The topological polar surface area (TPSA) is 158 Å². The van der Waals surface area contributed by atoms with Gasteiger partial charge in [0, 0.05) is 12.3 Å². The fraction of sp³-hybridized carbons (Fsp3) is 0.500. The van der Waals surface area contributed by atoms with Crippen LogP contribution in [0.3, 0.4) is 0 Å². The number of carbonyl (C=O) groups excluding carboxylic acids is 1. The summed E-state index contributed by atoms with van der Waals surface area (Å²) in [5, 5.41) is 13.3. The van der Waals surface area contributed by atoms with Crippen molar-refractivity contribution in [3.05, 3.63) is 63.4 Å². The Hall–Kier alpha value is -2.47. The van der Waals surface area contributed by atoms with Gasteiger partial charge in [-0.3, -0.25) is 23.7 Å². The summed E-state index contributed by atoms with van der Waals surface area (Å²) in [5.41, 5.74) is -1.40. The second-order valence-corrected chi connectivity index (χ2v) is 11.2. The Balaban J connectivity index is 1.80. The van der Waals surface area contributed by atoms with Gasteiger partial charge in [0.25, 0.3) is 5.56 Å². The Morgan fingerprint density at radius 3 is 2.56 bits per heavy atom. The first-order valence-corrected chi connectivity index (χ1v) is 13.1. The molecular formula is C22H29ClN3O9P. The SMILES string of the molecule is CC(C)OC(=O)[C@H](C)N[P@@](=O)(OC[C@@H]1O[C@@H](n2ccc(=O)[nH]c2=O)C(C)(Cl)C1O)Oc1ccccc1. The van der Waals surface area contributed by atoms with E-state index in [0.717, 1.165) is 10.6 Å². The molecule has 2 heterocycles. The minimum absolute atomic E-state index is 0.200. The fourth-order valence-corrected chi connectivity index (χ4v) is 5.27. The second kappa shape index (κ2) is 11.3. The number of hydrogen-bond acceptors (Lipinski definition) is 9. The molecule has 0 bridgehead atoms. The lowest BCUT2D eigenvalue weighted by Crippen LogP contribution is -2.43. The average Bonchev–Trinajstić information content (AvgIpc) is 3.01. The van der Waals surface area contributed by atoms with E-state index in [1.165, 1.54) is 20.0 Å². The van der Waals surface area contributed by atoms with Crippen LogP contribution in [0, 0.1) is 0 Å². The molecule has 1 aromatic heterocycles. The average molecular weight is 546 g/mol. The number of nitrogens with one attached hydrogen (secondary N) is 2. The van der Waals surface area contributed by atoms with E-state index in [4.69, 9.17) is 30.1 Å². The molecule has 198 valence electrons. The first-order chi connectivity index (χ1) is 16.8. The molecule has 14 heteroatoms. The number of hydrogen-bond donors (Lipinski definition) is 3. The number of aliphatic hydroxyl groups excluding tert-OH is 1. The summed E-state index contributed by atoms with van der Waals surface area (Å²) in [6, 6.07) is 8.18. The molecule has 2 aromatic rings. The van der Waals surface area contributed by atoms with Crippen molar-refractivity contribution in [3.63, 3.8) is 0 Å². The Bertz CT molecular complexity index is 1220. The second-order valence-electron chi connectivity index (χ2n) is 8.67. The van der Waals surface area contributed by atoms with Gasteiger partial charge in [-0.15, -0.1) is 11.6 Å². The van der Waals surface area contributed by atoms with E-state index in [2.05, 4.69) is 10.1 Å². The number of aromatic nitrogens is 2. The molecule has 1 aromatic carbocycles. The van der Waals surface area contributed by atoms with E-state index >= 15 is 0 Å². The number of alkyl halides is 1. The van der Waals surface area contributed by atoms with Crippen molar-refractivity contribution in [1.82, 2.24) is 14.6 Å². The van der Waals surface area contributed by atoms with E-state index < -0.39 is 67.0 Å². The van der Waals surface area contributed by atoms with Gasteiger partial charge in [0.05, 0.1) is 12.7 Å². The monoisotopic (exact) mass is 545 g/mol. The van der Waals surface area contributed by atoms with Crippen LogP contribution in [0.15, 0.2) is 52.2 Å². The van der Waals surface area contributed by atoms with Crippen LogP contribution in [0.4, 0.5) is 0 Å². The van der Waals surface area contributed by atoms with Crippen LogP contribution in [-0.4, -0.2) is 56.5 Å². The van der Waals surface area contributed by atoms with E-state index in [9.17, 15) is 24.1 Å². The first-order valence-electron chi connectivity index (χ1n) is 11.1. The van der Waals surface area contributed by atoms with Crippen LogP contribution < -0.4 is 20.9 Å². The number of nitrogens with zero attached hydrogens (tertiary/aromatic N) is 1. The van der Waals surface area contributed by atoms with Gasteiger partial charge in [-0.1, -0.05) is 18.2 Å². The maximum Gasteiger partial charge on any atom is 0.459 e. The minimum Gasteiger partial charge on any atom is -0.462 e. The molecule has 3 N–H and O–H groups in total. The zero-order valence-electron chi connectivity index (χ0n) is 20.1. The van der Waals surface area contributed by atoms with Crippen LogP contribution in [0.2, 0.25) is 0 Å². The Morgan fingerprint density at radius 2 is 1.94 bits per heavy atom. The number of rotatable bonds is 10. The molecule has 2 unspecified atom stereocenters. The van der Waals surface area contributed by atoms with Crippen molar-refractivity contribution < 1.29 is 33.0 Å². The number of H-pyrrole nitrogens is 1. The third kappa shape index (κ3) is 6.64. The van der Waals surface area contributed by atoms with E-state index in [1.807, 2.05) is 0 Å².